The molecule has 6 rings (SSSR count). The Hall–Kier alpha value is -3.32. The number of aromatic nitrogens is 4. The molecule has 1 N–H and O–H groups in total. The van der Waals surface area contributed by atoms with Gasteiger partial charge < -0.3 is 9.72 Å². The van der Waals surface area contributed by atoms with Crippen molar-refractivity contribution in [2.75, 3.05) is 6.61 Å². The minimum atomic E-state index is -4.30. The highest BCUT2D eigenvalue weighted by Gasteiger charge is 2.94. The third-order valence-electron chi connectivity index (χ3n) is 7.71. The van der Waals surface area contributed by atoms with Crippen LogP contribution in [0.1, 0.15) is 66.0 Å². The van der Waals surface area contributed by atoms with E-state index in [1.165, 1.54) is 6.07 Å². The summed E-state index contributed by atoms with van der Waals surface area (Å²) in [5.41, 5.74) is -0.679. The number of pyridine rings is 2. The van der Waals surface area contributed by atoms with Gasteiger partial charge in [0, 0.05) is 35.6 Å². The maximum absolute atomic E-state index is 13.8. The van der Waals surface area contributed by atoms with E-state index in [2.05, 4.69) is 21.0 Å². The minimum absolute atomic E-state index is 0.0125. The van der Waals surface area contributed by atoms with Crippen LogP contribution >= 0.6 is 0 Å². The molecule has 174 valence electrons. The Morgan fingerprint density at radius 2 is 2.03 bits per heavy atom. The van der Waals surface area contributed by atoms with Crippen molar-refractivity contribution in [3.05, 3.63) is 63.1 Å². The van der Waals surface area contributed by atoms with Crippen molar-refractivity contribution in [3.8, 4) is 6.07 Å². The van der Waals surface area contributed by atoms with Gasteiger partial charge in [-0.2, -0.15) is 18.4 Å². The molecule has 0 bridgehead atoms. The lowest BCUT2D eigenvalue weighted by molar-refractivity contribution is -0.167. The van der Waals surface area contributed by atoms with Gasteiger partial charge in [0.15, 0.2) is 5.65 Å². The number of alkyl halides is 3. The summed E-state index contributed by atoms with van der Waals surface area (Å²) < 4.78 is 47.2. The molecule has 34 heavy (non-hydrogen) atoms. The molecule has 0 spiro atoms. The summed E-state index contributed by atoms with van der Waals surface area (Å²) in [7, 11) is 0. The van der Waals surface area contributed by atoms with Gasteiger partial charge in [-0.25, -0.2) is 15.0 Å². The van der Waals surface area contributed by atoms with Gasteiger partial charge >= 0.3 is 6.18 Å². The molecule has 0 aromatic carbocycles. The second kappa shape index (κ2) is 6.85. The molecular formula is C24H20F3N5O2. The normalized spacial score (nSPS) is 30.0. The number of ether oxygens (including phenoxy) is 1. The molecule has 2 saturated carbocycles. The zero-order valence-electron chi connectivity index (χ0n) is 18.2. The highest BCUT2D eigenvalue weighted by molar-refractivity contribution is 5.83. The van der Waals surface area contributed by atoms with Gasteiger partial charge in [0.25, 0.3) is 0 Å². The molecule has 2 atom stereocenters. The first-order valence-electron chi connectivity index (χ1n) is 11.1. The monoisotopic (exact) mass is 467 g/mol. The van der Waals surface area contributed by atoms with E-state index in [-0.39, 0.29) is 30.4 Å². The van der Waals surface area contributed by atoms with Crippen LogP contribution in [-0.4, -0.2) is 32.7 Å². The number of hydrogen-bond acceptors (Lipinski definition) is 6. The molecule has 1 saturated heterocycles. The summed E-state index contributed by atoms with van der Waals surface area (Å²) in [6, 6.07) is 6.78. The van der Waals surface area contributed by atoms with E-state index in [0.717, 1.165) is 5.56 Å². The molecule has 3 aromatic rings. The first-order chi connectivity index (χ1) is 16.2. The first-order valence-corrected chi connectivity index (χ1v) is 11.1. The van der Waals surface area contributed by atoms with Crippen LogP contribution in [-0.2, 0) is 10.2 Å². The topological polar surface area (TPSA) is 105 Å². The van der Waals surface area contributed by atoms with Crippen LogP contribution in [0.2, 0.25) is 0 Å². The van der Waals surface area contributed by atoms with Crippen molar-refractivity contribution >= 4 is 11.0 Å². The second-order valence-corrected chi connectivity index (χ2v) is 9.62. The Bertz CT molecular complexity index is 1420. The van der Waals surface area contributed by atoms with Gasteiger partial charge in [0.1, 0.15) is 11.9 Å². The number of halogens is 3. The Morgan fingerprint density at radius 3 is 2.68 bits per heavy atom. The fraction of sp³-hybridized carbons (Fsp3) is 0.458. The molecule has 4 heterocycles. The maximum Gasteiger partial charge on any atom is 0.395 e. The molecule has 1 aliphatic heterocycles. The van der Waals surface area contributed by atoms with Crippen molar-refractivity contribution in [3.63, 3.8) is 0 Å². The van der Waals surface area contributed by atoms with Gasteiger partial charge in [-0.1, -0.05) is 0 Å². The van der Waals surface area contributed by atoms with E-state index in [0.29, 0.717) is 53.3 Å². The average molecular weight is 467 g/mol. The smallest absolute Gasteiger partial charge is 0.373 e. The maximum atomic E-state index is 13.8. The van der Waals surface area contributed by atoms with Crippen LogP contribution in [0.5, 0.6) is 0 Å². The number of H-pyrrole nitrogens is 1. The molecule has 7 nitrogen and oxygen atoms in total. The lowest BCUT2D eigenvalue weighted by atomic mass is 9.91. The predicted molar refractivity (Wildman–Crippen MR) is 114 cm³/mol. The standard InChI is InChI=1S/C24H20F3N5O2/c1-12-15(8-28)6-16-19(22-10-23(22,11-22)24(25,26)27)31-20(32-21(16)30-12)13-4-5-34-17(7-13)14-2-3-18(33)29-9-14/h2-3,6,9,13,17H,4-5,7,10-11H2,1H3,(H,29,33). The lowest BCUT2D eigenvalue weighted by Crippen LogP contribution is -2.22. The van der Waals surface area contributed by atoms with E-state index in [1.54, 1.807) is 25.3 Å². The van der Waals surface area contributed by atoms with Crippen LogP contribution < -0.4 is 5.56 Å². The quantitative estimate of drug-likeness (QED) is 0.621. The Morgan fingerprint density at radius 1 is 1.24 bits per heavy atom. The molecule has 2 aliphatic carbocycles. The van der Waals surface area contributed by atoms with Crippen LogP contribution in [0, 0.1) is 23.7 Å². The van der Waals surface area contributed by atoms with E-state index >= 15 is 0 Å². The number of fused-ring (bicyclic) bond motifs is 2. The average Bonchev–Trinajstić information content (AvgIpc) is 3.67. The van der Waals surface area contributed by atoms with Gasteiger partial charge in [0.2, 0.25) is 5.56 Å². The van der Waals surface area contributed by atoms with E-state index in [9.17, 15) is 23.2 Å². The number of hydrogen-bond donors (Lipinski definition) is 1. The first kappa shape index (κ1) is 21.2. The molecule has 0 amide bonds. The third kappa shape index (κ3) is 2.92. The van der Waals surface area contributed by atoms with Crippen molar-refractivity contribution in [1.29, 1.82) is 5.26 Å². The number of nitriles is 1. The van der Waals surface area contributed by atoms with E-state index in [1.807, 2.05) is 0 Å². The molecule has 3 aromatic heterocycles. The Kier molecular flexibility index (Phi) is 4.28. The summed E-state index contributed by atoms with van der Waals surface area (Å²) in [6.45, 7) is 2.12. The largest absolute Gasteiger partial charge is 0.395 e. The predicted octanol–water partition coefficient (Wildman–Crippen LogP) is 4.12. The summed E-state index contributed by atoms with van der Waals surface area (Å²) in [5, 5.41) is 9.87. The van der Waals surface area contributed by atoms with Crippen LogP contribution in [0.4, 0.5) is 13.2 Å². The Balaban J connectivity index is 1.43. The number of aryl methyl sites for hydroxylation is 1. The molecule has 3 fully saturated rings. The fourth-order valence-corrected chi connectivity index (χ4v) is 5.46. The summed E-state index contributed by atoms with van der Waals surface area (Å²) in [5.74, 6) is 0.321. The van der Waals surface area contributed by atoms with Crippen LogP contribution in [0.3, 0.4) is 0 Å². The number of nitrogens with one attached hydrogen (secondary N) is 1. The van der Waals surface area contributed by atoms with Crippen molar-refractivity contribution in [1.82, 2.24) is 19.9 Å². The third-order valence-corrected chi connectivity index (χ3v) is 7.71. The molecule has 2 unspecified atom stereocenters. The molecule has 3 aliphatic rings. The van der Waals surface area contributed by atoms with Crippen molar-refractivity contribution < 1.29 is 17.9 Å². The van der Waals surface area contributed by atoms with Crippen molar-refractivity contribution in [2.24, 2.45) is 5.41 Å². The minimum Gasteiger partial charge on any atom is -0.373 e. The molecular weight excluding hydrogens is 447 g/mol. The summed E-state index contributed by atoms with van der Waals surface area (Å²) >= 11 is 0. The van der Waals surface area contributed by atoms with Gasteiger partial charge in [0.05, 0.1) is 28.5 Å². The Labute approximate surface area is 192 Å². The van der Waals surface area contributed by atoms with E-state index < -0.39 is 17.0 Å². The SMILES string of the molecule is Cc1nc2nc(C3CCOC(c4ccc(=O)[nH]c4)C3)nc(C34CC3(C(F)(F)F)C4)c2cc1C#N. The fourth-order valence-electron chi connectivity index (χ4n) is 5.46. The van der Waals surface area contributed by atoms with Crippen LogP contribution in [0.25, 0.3) is 11.0 Å². The van der Waals surface area contributed by atoms with Crippen LogP contribution in [0.15, 0.2) is 29.2 Å². The zero-order chi connectivity index (χ0) is 23.9. The summed E-state index contributed by atoms with van der Waals surface area (Å²) in [4.78, 5) is 27.9. The van der Waals surface area contributed by atoms with Gasteiger partial charge in [-0.05, 0) is 50.3 Å². The number of nitrogens with zero attached hydrogens (tertiary/aromatic N) is 4. The number of rotatable bonds is 3. The number of aromatic amines is 1. The molecule has 0 radical (unpaired) electrons. The van der Waals surface area contributed by atoms with E-state index in [4.69, 9.17) is 9.72 Å². The second-order valence-electron chi connectivity index (χ2n) is 9.62. The highest BCUT2D eigenvalue weighted by Crippen LogP contribution is 2.90. The van der Waals surface area contributed by atoms with Gasteiger partial charge in [-0.15, -0.1) is 0 Å². The highest BCUT2D eigenvalue weighted by atomic mass is 19.4. The molecule has 10 heteroatoms. The zero-order valence-corrected chi connectivity index (χ0v) is 18.2. The summed E-state index contributed by atoms with van der Waals surface area (Å²) in [6.07, 6.45) is -1.79. The van der Waals surface area contributed by atoms with Gasteiger partial charge in [-0.3, -0.25) is 4.79 Å². The lowest BCUT2D eigenvalue weighted by Gasteiger charge is -2.29. The van der Waals surface area contributed by atoms with Crippen molar-refractivity contribution in [2.45, 2.75) is 56.2 Å².